The van der Waals surface area contributed by atoms with E-state index in [2.05, 4.69) is 16.0 Å². The number of nitrogens with one attached hydrogen (secondary N) is 3. The van der Waals surface area contributed by atoms with Crippen molar-refractivity contribution in [3.63, 3.8) is 0 Å². The second-order valence-corrected chi connectivity index (χ2v) is 16.4. The fourth-order valence-electron chi connectivity index (χ4n) is 7.99. The number of benzene rings is 3. The fourth-order valence-corrected chi connectivity index (χ4v) is 8.55. The molecule has 3 amide bonds. The molecule has 0 heterocycles. The highest BCUT2D eigenvalue weighted by Crippen LogP contribution is 2.38. The van der Waals surface area contributed by atoms with Crippen molar-refractivity contribution in [1.82, 2.24) is 16.0 Å². The van der Waals surface area contributed by atoms with Crippen LogP contribution in [0.1, 0.15) is 76.5 Å². The molecule has 300 valence electrons. The minimum Gasteiger partial charge on any atom is -0.483 e. The highest BCUT2D eigenvalue weighted by atomic mass is 31.2. The third kappa shape index (κ3) is 11.1. The molecule has 1 saturated carbocycles. The first kappa shape index (κ1) is 42.3. The van der Waals surface area contributed by atoms with Gasteiger partial charge in [0.2, 0.25) is 11.8 Å². The van der Waals surface area contributed by atoms with Crippen molar-refractivity contribution in [2.24, 2.45) is 17.8 Å². The predicted octanol–water partition coefficient (Wildman–Crippen LogP) is 3.42. The van der Waals surface area contributed by atoms with Crippen LogP contribution in [0.3, 0.4) is 0 Å². The van der Waals surface area contributed by atoms with Gasteiger partial charge in [0.1, 0.15) is 17.9 Å². The second kappa shape index (κ2) is 18.8. The van der Waals surface area contributed by atoms with Gasteiger partial charge in [-0.25, -0.2) is 4.57 Å². The van der Waals surface area contributed by atoms with Crippen LogP contribution in [0.5, 0.6) is 5.75 Å². The van der Waals surface area contributed by atoms with E-state index in [1.807, 2.05) is 54.6 Å². The number of hydrogen-bond acceptors (Lipinski definition) is 9. The number of carbonyl (C=O) groups is 3. The zero-order valence-electron chi connectivity index (χ0n) is 31.4. The minimum atomic E-state index is -5.13. The lowest BCUT2D eigenvalue weighted by Gasteiger charge is -2.37. The molecule has 2 aliphatic carbocycles. The highest BCUT2D eigenvalue weighted by molar-refractivity contribution is 7.46. The first-order valence-electron chi connectivity index (χ1n) is 19.0. The van der Waals surface area contributed by atoms with Crippen LogP contribution in [0.25, 0.3) is 10.8 Å². The van der Waals surface area contributed by atoms with Gasteiger partial charge < -0.3 is 45.8 Å². The lowest BCUT2D eigenvalue weighted by atomic mass is 9.79. The molecular weight excluding hydrogens is 729 g/mol. The third-order valence-corrected chi connectivity index (χ3v) is 11.4. The van der Waals surface area contributed by atoms with Gasteiger partial charge in [-0.05, 0) is 47.8 Å². The zero-order chi connectivity index (χ0) is 39.9. The predicted molar refractivity (Wildman–Crippen MR) is 204 cm³/mol. The number of phosphoric ester groups is 1. The van der Waals surface area contributed by atoms with E-state index in [-0.39, 0.29) is 12.3 Å². The Morgan fingerprint density at radius 3 is 2.24 bits per heavy atom. The van der Waals surface area contributed by atoms with Crippen molar-refractivity contribution in [2.75, 3.05) is 6.61 Å². The van der Waals surface area contributed by atoms with Crippen molar-refractivity contribution in [1.29, 1.82) is 0 Å². The molecule has 0 spiro atoms. The number of fused-ring (bicyclic) bond motifs is 2. The number of ether oxygens (including phenoxy) is 1. The van der Waals surface area contributed by atoms with Crippen LogP contribution in [0.4, 0.5) is 0 Å². The van der Waals surface area contributed by atoms with E-state index in [1.54, 1.807) is 26.0 Å². The number of carbonyl (C=O) groups excluding carboxylic acids is 3. The van der Waals surface area contributed by atoms with Gasteiger partial charge in [0.15, 0.2) is 6.61 Å². The van der Waals surface area contributed by atoms with E-state index in [9.17, 15) is 44.1 Å². The molecule has 1 fully saturated rings. The van der Waals surface area contributed by atoms with Crippen molar-refractivity contribution in [2.45, 2.75) is 108 Å². The first-order valence-corrected chi connectivity index (χ1v) is 20.5. The molecule has 3 aromatic carbocycles. The molecule has 0 aliphatic heterocycles. The molecular formula is C40H54N3O11P. The normalized spacial score (nSPS) is 20.8. The number of aliphatic hydroxyl groups is 3. The van der Waals surface area contributed by atoms with Gasteiger partial charge in [0, 0.05) is 11.8 Å². The summed E-state index contributed by atoms with van der Waals surface area (Å²) in [6.07, 6.45) is -0.652. The summed E-state index contributed by atoms with van der Waals surface area (Å²) in [6.45, 7) is 4.12. The Hall–Kier alpha value is -3.88. The SMILES string of the molecule is CC(C)[C@@H](C(=O)N[C@H]1c2ccccc2C[C@H]1O)[C@@H](O)[C@H](O)[C@H](CC1CCCCC1)NC(=O)[C@@H](NC(=O)COc1cccc2ccccc12)[C@@H](C)OP(=O)(O)O. The molecule has 15 heteroatoms. The van der Waals surface area contributed by atoms with E-state index < -0.39 is 86.5 Å². The maximum Gasteiger partial charge on any atom is 0.469 e. The van der Waals surface area contributed by atoms with Crippen molar-refractivity contribution in [3.05, 3.63) is 77.9 Å². The number of hydrogen-bond donors (Lipinski definition) is 8. The smallest absolute Gasteiger partial charge is 0.469 e. The quantitative estimate of drug-likeness (QED) is 0.0927. The van der Waals surface area contributed by atoms with Crippen LogP contribution in [-0.4, -0.2) is 85.9 Å². The maximum absolute atomic E-state index is 14.1. The minimum absolute atomic E-state index is 0.0586. The summed E-state index contributed by atoms with van der Waals surface area (Å²) in [6, 6.07) is 16.6. The van der Waals surface area contributed by atoms with Gasteiger partial charge in [0.05, 0.1) is 36.3 Å². The number of phosphoric acid groups is 1. The van der Waals surface area contributed by atoms with Gasteiger partial charge in [-0.2, -0.15) is 0 Å². The Morgan fingerprint density at radius 1 is 0.855 bits per heavy atom. The summed E-state index contributed by atoms with van der Waals surface area (Å²) in [4.78, 5) is 60.3. The van der Waals surface area contributed by atoms with Gasteiger partial charge in [-0.15, -0.1) is 0 Å². The summed E-state index contributed by atoms with van der Waals surface area (Å²) in [5.41, 5.74) is 1.67. The molecule has 5 rings (SSSR count). The Balaban J connectivity index is 1.34. The summed E-state index contributed by atoms with van der Waals surface area (Å²) in [5.74, 6) is -3.45. The summed E-state index contributed by atoms with van der Waals surface area (Å²) < 4.78 is 22.5. The Morgan fingerprint density at radius 2 is 1.53 bits per heavy atom. The molecule has 0 unspecified atom stereocenters. The molecule has 8 atom stereocenters. The highest BCUT2D eigenvalue weighted by Gasteiger charge is 2.43. The van der Waals surface area contributed by atoms with E-state index >= 15 is 0 Å². The summed E-state index contributed by atoms with van der Waals surface area (Å²) >= 11 is 0. The standard InChI is InChI=1S/C40H54N3O11P/c1-23(2)34(39(48)43-36-29-18-10-8-15-27(29)21-31(36)44)38(47)37(46)30(20-25-12-5-4-6-13-25)41-40(49)35(24(3)54-55(50,51)52)42-33(45)22-53-32-19-11-16-26-14-7-9-17-28(26)32/h7-11,14-19,23-25,30-31,34-38,44,46-47H,4-6,12-13,20-22H2,1-3H3,(H,41,49)(H,42,45)(H,43,48)(H2,50,51,52)/t24-,30+,31-,34-,35+,36+,37-,38-/m1/s1. The molecule has 0 bridgehead atoms. The summed E-state index contributed by atoms with van der Waals surface area (Å²) in [7, 11) is -5.13. The number of rotatable bonds is 17. The molecule has 2 aliphatic rings. The average Bonchev–Trinajstić information content (AvgIpc) is 3.45. The molecule has 0 saturated heterocycles. The molecule has 55 heavy (non-hydrogen) atoms. The molecule has 14 nitrogen and oxygen atoms in total. The van der Waals surface area contributed by atoms with Crippen molar-refractivity contribution in [3.8, 4) is 5.75 Å². The molecule has 3 aromatic rings. The van der Waals surface area contributed by atoms with Crippen LogP contribution in [0.2, 0.25) is 0 Å². The van der Waals surface area contributed by atoms with E-state index in [0.717, 1.165) is 54.0 Å². The van der Waals surface area contributed by atoms with Crippen LogP contribution < -0.4 is 20.7 Å². The maximum atomic E-state index is 14.1. The van der Waals surface area contributed by atoms with Crippen LogP contribution >= 0.6 is 7.82 Å². The van der Waals surface area contributed by atoms with Gasteiger partial charge in [-0.3, -0.25) is 18.9 Å². The van der Waals surface area contributed by atoms with E-state index in [0.29, 0.717) is 12.2 Å². The Labute approximate surface area is 321 Å². The van der Waals surface area contributed by atoms with Crippen molar-refractivity contribution < 1.29 is 53.3 Å². The lowest BCUT2D eigenvalue weighted by Crippen LogP contribution is -2.60. The van der Waals surface area contributed by atoms with Crippen LogP contribution in [0, 0.1) is 17.8 Å². The van der Waals surface area contributed by atoms with Crippen molar-refractivity contribution >= 4 is 36.3 Å². The molecule has 0 aromatic heterocycles. The number of amides is 3. The monoisotopic (exact) mass is 783 g/mol. The van der Waals surface area contributed by atoms with Crippen LogP contribution in [-0.2, 0) is 29.9 Å². The third-order valence-electron chi connectivity index (χ3n) is 10.8. The first-order chi connectivity index (χ1) is 26.1. The summed E-state index contributed by atoms with van der Waals surface area (Å²) in [5, 5.41) is 44.0. The van der Waals surface area contributed by atoms with E-state index in [1.165, 1.54) is 6.92 Å². The van der Waals surface area contributed by atoms with Crippen LogP contribution in [0.15, 0.2) is 66.7 Å². The van der Waals surface area contributed by atoms with Gasteiger partial charge in [0.25, 0.3) is 5.91 Å². The fraction of sp³-hybridized carbons (Fsp3) is 0.525. The van der Waals surface area contributed by atoms with E-state index in [4.69, 9.17) is 9.26 Å². The Kier molecular flexibility index (Phi) is 14.5. The average molecular weight is 784 g/mol. The largest absolute Gasteiger partial charge is 0.483 e. The van der Waals surface area contributed by atoms with Gasteiger partial charge in [-0.1, -0.05) is 107 Å². The topological polar surface area (TPSA) is 224 Å². The Bertz CT molecular complexity index is 1830. The molecule has 8 N–H and O–H groups in total. The zero-order valence-corrected chi connectivity index (χ0v) is 32.3. The molecule has 0 radical (unpaired) electrons. The second-order valence-electron chi connectivity index (χ2n) is 15.2. The van der Waals surface area contributed by atoms with Gasteiger partial charge >= 0.3 is 7.82 Å². The lowest BCUT2D eigenvalue weighted by molar-refractivity contribution is -0.139. The number of aliphatic hydroxyl groups excluding tert-OH is 3.